The van der Waals surface area contributed by atoms with Crippen molar-refractivity contribution < 1.29 is 14.0 Å². The van der Waals surface area contributed by atoms with Crippen molar-refractivity contribution >= 4 is 45.2 Å². The fourth-order valence-electron chi connectivity index (χ4n) is 5.19. The summed E-state index contributed by atoms with van der Waals surface area (Å²) in [5, 5.41) is 20.7. The molecule has 4 aromatic carbocycles. The molecule has 8 nitrogen and oxygen atoms in total. The number of nitrogens with two attached hydrogens (primary N) is 2. The summed E-state index contributed by atoms with van der Waals surface area (Å²) < 4.78 is 13.1. The topological polar surface area (TPSA) is 165 Å². The molecule has 216 valence electrons. The van der Waals surface area contributed by atoms with E-state index in [0.717, 1.165) is 44.1 Å². The molecule has 44 heavy (non-hydrogen) atoms. The molecule has 0 bridgehead atoms. The van der Waals surface area contributed by atoms with Gasteiger partial charge in [-0.3, -0.25) is 9.59 Å². The van der Waals surface area contributed by atoms with E-state index in [1.165, 1.54) is 12.1 Å². The predicted octanol–water partition coefficient (Wildman–Crippen LogP) is 7.02. The number of aromatic nitrogens is 2. The number of carbonyl (C=O) groups excluding carboxylic acids is 2. The molecule has 0 aliphatic carbocycles. The molecule has 0 spiro atoms. The molecule has 0 saturated heterocycles. The highest BCUT2D eigenvalue weighted by Gasteiger charge is 2.18. The number of halogens is 2. The summed E-state index contributed by atoms with van der Waals surface area (Å²) in [4.78, 5) is 29.2. The maximum atomic E-state index is 13.1. The van der Waals surface area contributed by atoms with Gasteiger partial charge in [-0.2, -0.15) is 10.5 Å². The van der Waals surface area contributed by atoms with Crippen LogP contribution < -0.4 is 11.5 Å². The van der Waals surface area contributed by atoms with Gasteiger partial charge >= 0.3 is 0 Å². The van der Waals surface area contributed by atoms with E-state index in [1.807, 2.05) is 19.1 Å². The van der Waals surface area contributed by atoms with Crippen LogP contribution in [0.25, 0.3) is 44.1 Å². The van der Waals surface area contributed by atoms with Gasteiger partial charge in [0.15, 0.2) is 0 Å². The summed E-state index contributed by atoms with van der Waals surface area (Å²) in [5.41, 5.74) is 18.6. The lowest BCUT2D eigenvalue weighted by Gasteiger charge is -2.05. The molecule has 6 aromatic rings. The minimum atomic E-state index is -0.558. The maximum Gasteiger partial charge on any atom is 0.265 e. The molecule has 0 fully saturated rings. The summed E-state index contributed by atoms with van der Waals surface area (Å²) in [6.07, 6.45) is 0. The number of aromatic amines is 2. The standard InChI is InChI=1S/C17H12ClN3O.C17H12FN3O/c2*1-9-13-6-10(8-19)7-14(11-2-4-12(18)5-3-11)16(13)21-15(9)17(20)22/h2*2-7,21H,1H3,(H2,20,22). The average molecular weight is 603 g/mol. The Morgan fingerprint density at radius 1 is 0.705 bits per heavy atom. The normalized spacial score (nSPS) is 10.6. The SMILES string of the molecule is Cc1c(C(N)=O)[nH]c2c(-c3ccc(Cl)cc3)cc(C#N)cc12.Cc1c(C(N)=O)[nH]c2c(-c3ccc(F)cc3)cc(C#N)cc12. The lowest BCUT2D eigenvalue weighted by Crippen LogP contribution is -2.12. The quantitative estimate of drug-likeness (QED) is 0.170. The second-order valence-corrected chi connectivity index (χ2v) is 10.5. The summed E-state index contributed by atoms with van der Waals surface area (Å²) in [5.74, 6) is -1.41. The van der Waals surface area contributed by atoms with Crippen LogP contribution in [0.5, 0.6) is 0 Å². The molecule has 0 saturated carbocycles. The van der Waals surface area contributed by atoms with Gasteiger partial charge < -0.3 is 21.4 Å². The van der Waals surface area contributed by atoms with Gasteiger partial charge in [-0.1, -0.05) is 35.9 Å². The van der Waals surface area contributed by atoms with Crippen molar-refractivity contribution in [1.29, 1.82) is 10.5 Å². The van der Waals surface area contributed by atoms with Crippen LogP contribution >= 0.6 is 11.6 Å². The van der Waals surface area contributed by atoms with Gasteiger partial charge in [0.25, 0.3) is 11.8 Å². The third-order valence-corrected chi connectivity index (χ3v) is 7.65. The number of H-pyrrole nitrogens is 2. The fraction of sp³-hybridized carbons (Fsp3) is 0.0588. The molecule has 0 atom stereocenters. The Hall–Kier alpha value is -5.90. The number of carbonyl (C=O) groups is 2. The zero-order valence-corrected chi connectivity index (χ0v) is 24.3. The van der Waals surface area contributed by atoms with Crippen LogP contribution in [0.1, 0.15) is 43.2 Å². The monoisotopic (exact) mass is 602 g/mol. The second kappa shape index (κ2) is 11.8. The van der Waals surface area contributed by atoms with E-state index < -0.39 is 11.8 Å². The lowest BCUT2D eigenvalue weighted by molar-refractivity contribution is 0.0987. The number of benzene rings is 4. The van der Waals surface area contributed by atoms with E-state index in [4.69, 9.17) is 23.1 Å². The van der Waals surface area contributed by atoms with Crippen molar-refractivity contribution in [2.45, 2.75) is 13.8 Å². The Morgan fingerprint density at radius 2 is 1.09 bits per heavy atom. The average Bonchev–Trinajstić information content (AvgIpc) is 3.54. The highest BCUT2D eigenvalue weighted by atomic mass is 35.5. The Bertz CT molecular complexity index is 2030. The molecule has 2 aromatic heterocycles. The van der Waals surface area contributed by atoms with Crippen molar-refractivity contribution in [3.05, 3.63) is 117 Å². The van der Waals surface area contributed by atoms with Crippen LogP contribution in [0, 0.1) is 42.3 Å². The van der Waals surface area contributed by atoms with Crippen molar-refractivity contribution in [2.75, 3.05) is 0 Å². The fourth-order valence-corrected chi connectivity index (χ4v) is 5.31. The molecule has 2 heterocycles. The van der Waals surface area contributed by atoms with Crippen molar-refractivity contribution in [1.82, 2.24) is 9.97 Å². The Kier molecular flexibility index (Phi) is 7.91. The number of primary amides is 2. The zero-order valence-electron chi connectivity index (χ0n) is 23.5. The number of hydrogen-bond donors (Lipinski definition) is 4. The number of rotatable bonds is 4. The number of fused-ring (bicyclic) bond motifs is 2. The number of nitriles is 2. The van der Waals surface area contributed by atoms with Crippen molar-refractivity contribution in [3.8, 4) is 34.4 Å². The molecular formula is C34H24ClFN6O2. The molecule has 0 radical (unpaired) electrons. The maximum absolute atomic E-state index is 13.1. The molecule has 2 amide bonds. The lowest BCUT2D eigenvalue weighted by atomic mass is 9.99. The summed E-state index contributed by atoms with van der Waals surface area (Å²) in [6, 6.07) is 24.5. The molecule has 0 aliphatic rings. The van der Waals surface area contributed by atoms with Gasteiger partial charge in [0, 0.05) is 26.9 Å². The minimum Gasteiger partial charge on any atom is -0.364 e. The van der Waals surface area contributed by atoms with Crippen LogP contribution in [0.2, 0.25) is 5.02 Å². The molecule has 0 unspecified atom stereocenters. The second-order valence-electron chi connectivity index (χ2n) is 10.1. The Balaban J connectivity index is 0.000000175. The predicted molar refractivity (Wildman–Crippen MR) is 168 cm³/mol. The van der Waals surface area contributed by atoms with Crippen molar-refractivity contribution in [2.24, 2.45) is 11.5 Å². The molecule has 6 N–H and O–H groups in total. The van der Waals surface area contributed by atoms with Crippen LogP contribution in [0.3, 0.4) is 0 Å². The van der Waals surface area contributed by atoms with E-state index in [-0.39, 0.29) is 5.82 Å². The third-order valence-electron chi connectivity index (χ3n) is 7.40. The Labute approximate surface area is 256 Å². The first-order valence-corrected chi connectivity index (χ1v) is 13.6. The van der Waals surface area contributed by atoms with Crippen LogP contribution in [0.4, 0.5) is 4.39 Å². The minimum absolute atomic E-state index is 0.313. The van der Waals surface area contributed by atoms with E-state index in [1.54, 1.807) is 55.5 Å². The van der Waals surface area contributed by atoms with Gasteiger partial charge in [-0.05, 0) is 84.6 Å². The number of amides is 2. The molecule has 6 rings (SSSR count). The van der Waals surface area contributed by atoms with Crippen LogP contribution in [-0.4, -0.2) is 21.8 Å². The molecule has 10 heteroatoms. The largest absolute Gasteiger partial charge is 0.364 e. The summed E-state index contributed by atoms with van der Waals surface area (Å²) in [7, 11) is 0. The van der Waals surface area contributed by atoms with Crippen molar-refractivity contribution in [3.63, 3.8) is 0 Å². The highest BCUT2D eigenvalue weighted by Crippen LogP contribution is 2.34. The van der Waals surface area contributed by atoms with E-state index in [2.05, 4.69) is 22.1 Å². The summed E-state index contributed by atoms with van der Waals surface area (Å²) >= 11 is 5.93. The van der Waals surface area contributed by atoms with Gasteiger partial charge in [-0.15, -0.1) is 0 Å². The highest BCUT2D eigenvalue weighted by molar-refractivity contribution is 6.30. The number of nitrogens with zero attached hydrogens (tertiary/aromatic N) is 2. The third kappa shape index (κ3) is 5.48. The van der Waals surface area contributed by atoms with Gasteiger partial charge in [-0.25, -0.2) is 4.39 Å². The molecular weight excluding hydrogens is 579 g/mol. The smallest absolute Gasteiger partial charge is 0.265 e. The zero-order chi connectivity index (χ0) is 31.7. The van der Waals surface area contributed by atoms with Crippen LogP contribution in [-0.2, 0) is 0 Å². The van der Waals surface area contributed by atoms with Gasteiger partial charge in [0.1, 0.15) is 17.2 Å². The van der Waals surface area contributed by atoms with Crippen LogP contribution in [0.15, 0.2) is 72.8 Å². The Morgan fingerprint density at radius 3 is 1.45 bits per heavy atom. The first-order valence-electron chi connectivity index (χ1n) is 13.3. The number of nitrogens with one attached hydrogen (secondary N) is 2. The summed E-state index contributed by atoms with van der Waals surface area (Å²) in [6.45, 7) is 3.58. The number of hydrogen-bond acceptors (Lipinski definition) is 4. The first-order chi connectivity index (χ1) is 21.0. The van der Waals surface area contributed by atoms with Gasteiger partial charge in [0.05, 0.1) is 34.3 Å². The number of aryl methyl sites for hydroxylation is 2. The van der Waals surface area contributed by atoms with E-state index >= 15 is 0 Å². The molecule has 0 aliphatic heterocycles. The van der Waals surface area contributed by atoms with Gasteiger partial charge in [0.2, 0.25) is 0 Å². The van der Waals surface area contributed by atoms with E-state index in [0.29, 0.717) is 38.6 Å². The first kappa shape index (κ1) is 29.6. The van der Waals surface area contributed by atoms with E-state index in [9.17, 15) is 24.5 Å².